The van der Waals surface area contributed by atoms with E-state index in [1.165, 1.54) is 22.2 Å². The van der Waals surface area contributed by atoms with Gasteiger partial charge in [0.1, 0.15) is 6.33 Å². The molecule has 122 valence electrons. The lowest BCUT2D eigenvalue weighted by atomic mass is 10.1. The van der Waals surface area contributed by atoms with Gasteiger partial charge in [0.15, 0.2) is 0 Å². The third-order valence-corrected chi connectivity index (χ3v) is 4.91. The number of likely N-dealkylation sites (N-methyl/N-ethyl adjacent to an activating group) is 1. The smallest absolute Gasteiger partial charge is 0.115 e. The van der Waals surface area contributed by atoms with Gasteiger partial charge in [-0.05, 0) is 43.3 Å². The molecule has 0 saturated carbocycles. The Morgan fingerprint density at radius 3 is 2.83 bits per heavy atom. The lowest BCUT2D eigenvalue weighted by Crippen LogP contribution is -2.26. The fourth-order valence-electron chi connectivity index (χ4n) is 3.42. The minimum absolute atomic E-state index is 0.785. The molecule has 4 nitrogen and oxygen atoms in total. The van der Waals surface area contributed by atoms with Crippen molar-refractivity contribution in [3.63, 3.8) is 0 Å². The van der Waals surface area contributed by atoms with Crippen LogP contribution in [0.5, 0.6) is 0 Å². The number of benzene rings is 1. The van der Waals surface area contributed by atoms with Gasteiger partial charge in [-0.2, -0.15) is 0 Å². The number of hydrogen-bond donors (Lipinski definition) is 0. The maximum atomic E-state index is 6.25. The first kappa shape index (κ1) is 15.4. The van der Waals surface area contributed by atoms with Crippen molar-refractivity contribution in [2.24, 2.45) is 0 Å². The molecule has 2 aromatic heterocycles. The van der Waals surface area contributed by atoms with Crippen molar-refractivity contribution < 1.29 is 0 Å². The van der Waals surface area contributed by atoms with Gasteiger partial charge in [-0.15, -0.1) is 0 Å². The van der Waals surface area contributed by atoms with E-state index >= 15 is 0 Å². The highest BCUT2D eigenvalue weighted by Crippen LogP contribution is 2.33. The molecule has 0 radical (unpaired) electrons. The molecule has 3 aromatic rings. The second-order valence-electron chi connectivity index (χ2n) is 6.38. The summed E-state index contributed by atoms with van der Waals surface area (Å²) in [6.07, 6.45) is 8.48. The summed E-state index contributed by atoms with van der Waals surface area (Å²) in [5.74, 6) is 0. The number of rotatable bonds is 2. The third-order valence-electron chi connectivity index (χ3n) is 4.68. The summed E-state index contributed by atoms with van der Waals surface area (Å²) in [6.45, 7) is 4.13. The first-order valence-corrected chi connectivity index (χ1v) is 8.45. The molecule has 0 amide bonds. The van der Waals surface area contributed by atoms with Gasteiger partial charge in [0.05, 0.1) is 5.52 Å². The Bertz CT molecular complexity index is 927. The Balaban J connectivity index is 1.92. The number of allylic oxidation sites excluding steroid dienone is 1. The quantitative estimate of drug-likeness (QED) is 0.705. The standard InChI is InChI=1S/C19H19ClN4/c1-13(14-8-21-12-22-9-14)10-24-18-4-3-15(20)7-16(18)17-11-23(2)6-5-19(17)24/h3-4,7-10,12H,5-6,11H2,1-2H3. The van der Waals surface area contributed by atoms with Gasteiger partial charge in [-0.3, -0.25) is 0 Å². The zero-order chi connectivity index (χ0) is 16.7. The SMILES string of the molecule is CC(=Cn1c2c(c3cc(Cl)ccc31)CN(C)CC2)c1cncnc1. The summed E-state index contributed by atoms with van der Waals surface area (Å²) in [5, 5.41) is 2.03. The number of fused-ring (bicyclic) bond motifs is 3. The van der Waals surface area contributed by atoms with Crippen LogP contribution in [0.3, 0.4) is 0 Å². The molecule has 1 aliphatic rings. The van der Waals surface area contributed by atoms with E-state index in [2.05, 4.69) is 51.7 Å². The highest BCUT2D eigenvalue weighted by molar-refractivity contribution is 6.31. The molecular formula is C19H19ClN4. The third kappa shape index (κ3) is 2.62. The minimum Gasteiger partial charge on any atom is -0.320 e. The lowest BCUT2D eigenvalue weighted by molar-refractivity contribution is 0.312. The molecule has 0 atom stereocenters. The summed E-state index contributed by atoms with van der Waals surface area (Å²) < 4.78 is 2.32. The average Bonchev–Trinajstić information content (AvgIpc) is 2.88. The Morgan fingerprint density at radius 1 is 1.25 bits per heavy atom. The highest BCUT2D eigenvalue weighted by atomic mass is 35.5. The molecule has 5 heteroatoms. The molecule has 4 rings (SSSR count). The van der Waals surface area contributed by atoms with Crippen LogP contribution in [0.25, 0.3) is 22.7 Å². The fraction of sp³-hybridized carbons (Fsp3) is 0.263. The van der Waals surface area contributed by atoms with Crippen LogP contribution in [0.1, 0.15) is 23.7 Å². The maximum Gasteiger partial charge on any atom is 0.115 e. The Kier molecular flexibility index (Phi) is 3.87. The van der Waals surface area contributed by atoms with Crippen LogP contribution in [0, 0.1) is 0 Å². The van der Waals surface area contributed by atoms with Gasteiger partial charge >= 0.3 is 0 Å². The highest BCUT2D eigenvalue weighted by Gasteiger charge is 2.22. The van der Waals surface area contributed by atoms with E-state index in [0.717, 1.165) is 35.7 Å². The van der Waals surface area contributed by atoms with Crippen molar-refractivity contribution in [2.75, 3.05) is 13.6 Å². The predicted molar refractivity (Wildman–Crippen MR) is 98.9 cm³/mol. The first-order chi connectivity index (χ1) is 11.6. The fourth-order valence-corrected chi connectivity index (χ4v) is 3.59. The molecule has 0 bridgehead atoms. The Labute approximate surface area is 146 Å². The number of aromatic nitrogens is 3. The van der Waals surface area contributed by atoms with E-state index in [0.29, 0.717) is 0 Å². The monoisotopic (exact) mass is 338 g/mol. The van der Waals surface area contributed by atoms with Crippen LogP contribution in [-0.4, -0.2) is 33.0 Å². The molecule has 1 aromatic carbocycles. The van der Waals surface area contributed by atoms with Gasteiger partial charge < -0.3 is 9.47 Å². The van der Waals surface area contributed by atoms with Gasteiger partial charge in [-0.25, -0.2) is 9.97 Å². The summed E-state index contributed by atoms with van der Waals surface area (Å²) >= 11 is 6.25. The molecule has 3 heterocycles. The van der Waals surface area contributed by atoms with E-state index in [9.17, 15) is 0 Å². The normalized spacial score (nSPS) is 15.7. The van der Waals surface area contributed by atoms with Crippen molar-refractivity contribution in [3.8, 4) is 0 Å². The van der Waals surface area contributed by atoms with E-state index in [1.807, 2.05) is 18.5 Å². The molecule has 0 spiro atoms. The van der Waals surface area contributed by atoms with Crippen LogP contribution in [0.2, 0.25) is 5.02 Å². The number of nitrogens with zero attached hydrogens (tertiary/aromatic N) is 4. The van der Waals surface area contributed by atoms with Gasteiger partial charge in [0.25, 0.3) is 0 Å². The maximum absolute atomic E-state index is 6.25. The van der Waals surface area contributed by atoms with Crippen molar-refractivity contribution in [3.05, 3.63) is 58.8 Å². The Morgan fingerprint density at radius 2 is 2.04 bits per heavy atom. The van der Waals surface area contributed by atoms with Crippen molar-refractivity contribution in [1.82, 2.24) is 19.4 Å². The van der Waals surface area contributed by atoms with Crippen LogP contribution < -0.4 is 0 Å². The van der Waals surface area contributed by atoms with E-state index in [1.54, 1.807) is 6.33 Å². The molecular weight excluding hydrogens is 320 g/mol. The zero-order valence-electron chi connectivity index (χ0n) is 13.8. The Hall–Kier alpha value is -2.17. The second kappa shape index (κ2) is 6.04. The topological polar surface area (TPSA) is 34.0 Å². The molecule has 0 fully saturated rings. The molecule has 0 N–H and O–H groups in total. The second-order valence-corrected chi connectivity index (χ2v) is 6.82. The molecule has 0 unspecified atom stereocenters. The van der Waals surface area contributed by atoms with Crippen molar-refractivity contribution in [2.45, 2.75) is 19.9 Å². The molecule has 24 heavy (non-hydrogen) atoms. The average molecular weight is 339 g/mol. The van der Waals surface area contributed by atoms with Gasteiger partial charge in [-0.1, -0.05) is 11.6 Å². The van der Waals surface area contributed by atoms with Crippen molar-refractivity contribution >= 4 is 34.3 Å². The van der Waals surface area contributed by atoms with Crippen LogP contribution in [0.4, 0.5) is 0 Å². The van der Waals surface area contributed by atoms with Gasteiger partial charge in [0.2, 0.25) is 0 Å². The first-order valence-electron chi connectivity index (χ1n) is 8.07. The van der Waals surface area contributed by atoms with Crippen LogP contribution in [-0.2, 0) is 13.0 Å². The summed E-state index contributed by atoms with van der Waals surface area (Å²) in [4.78, 5) is 10.6. The van der Waals surface area contributed by atoms with Crippen LogP contribution in [0.15, 0.2) is 36.9 Å². The zero-order valence-corrected chi connectivity index (χ0v) is 14.6. The van der Waals surface area contributed by atoms with E-state index in [-0.39, 0.29) is 0 Å². The lowest BCUT2D eigenvalue weighted by Gasteiger charge is -2.23. The van der Waals surface area contributed by atoms with Crippen LogP contribution >= 0.6 is 11.6 Å². The van der Waals surface area contributed by atoms with Gasteiger partial charge in [0, 0.05) is 59.8 Å². The molecule has 0 aliphatic carbocycles. The van der Waals surface area contributed by atoms with E-state index in [4.69, 9.17) is 11.6 Å². The summed E-state index contributed by atoms with van der Waals surface area (Å²) in [6, 6.07) is 6.16. The largest absolute Gasteiger partial charge is 0.320 e. The summed E-state index contributed by atoms with van der Waals surface area (Å²) in [7, 11) is 2.17. The molecule has 1 aliphatic heterocycles. The number of hydrogen-bond acceptors (Lipinski definition) is 3. The predicted octanol–water partition coefficient (Wildman–Crippen LogP) is 4.09. The number of halogens is 1. The van der Waals surface area contributed by atoms with Crippen molar-refractivity contribution in [1.29, 1.82) is 0 Å². The molecule has 0 saturated heterocycles. The minimum atomic E-state index is 0.785. The summed E-state index contributed by atoms with van der Waals surface area (Å²) in [5.41, 5.74) is 6.14. The van der Waals surface area contributed by atoms with E-state index < -0.39 is 0 Å².